The van der Waals surface area contributed by atoms with Gasteiger partial charge in [-0.2, -0.15) is 0 Å². The molecule has 0 aromatic heterocycles. The molecule has 0 spiro atoms. The van der Waals surface area contributed by atoms with Crippen LogP contribution >= 0.6 is 0 Å². The summed E-state index contributed by atoms with van der Waals surface area (Å²) in [4.78, 5) is 6.79. The van der Waals surface area contributed by atoms with E-state index in [4.69, 9.17) is 4.74 Å². The number of aliphatic imine (C=N–C) groups is 1. The first-order valence-electron chi connectivity index (χ1n) is 7.88. The van der Waals surface area contributed by atoms with Crippen LogP contribution in [-0.2, 0) is 4.74 Å². The van der Waals surface area contributed by atoms with Crippen molar-refractivity contribution < 1.29 is 4.74 Å². The molecule has 1 rings (SSSR count). The summed E-state index contributed by atoms with van der Waals surface area (Å²) >= 11 is 0. The van der Waals surface area contributed by atoms with E-state index in [0.717, 1.165) is 18.4 Å². The van der Waals surface area contributed by atoms with Gasteiger partial charge in [0.1, 0.15) is 0 Å². The van der Waals surface area contributed by atoms with Gasteiger partial charge in [-0.15, -0.1) is 0 Å². The van der Waals surface area contributed by atoms with E-state index < -0.39 is 0 Å². The number of methoxy groups -OCH3 is 1. The molecule has 0 aliphatic carbocycles. The zero-order valence-electron chi connectivity index (χ0n) is 13.6. The number of rotatable bonds is 7. The molecule has 0 aromatic rings. The van der Waals surface area contributed by atoms with Gasteiger partial charge in [0.25, 0.3) is 0 Å². The second-order valence-corrected chi connectivity index (χ2v) is 5.67. The molecule has 2 N–H and O–H groups in total. The highest BCUT2D eigenvalue weighted by atomic mass is 16.5. The zero-order valence-corrected chi connectivity index (χ0v) is 13.6. The lowest BCUT2D eigenvalue weighted by atomic mass is 9.93. The van der Waals surface area contributed by atoms with Crippen LogP contribution in [0.15, 0.2) is 4.99 Å². The SMILES string of the molecule is CCN1CCC(CCNC(=NC)NC(C)COC)CC1. The standard InChI is InChI=1S/C15H32N4O/c1-5-19-10-7-14(8-11-19)6-9-17-15(16-3)18-13(2)12-20-4/h13-14H,5-12H2,1-4H3,(H2,16,17,18). The molecule has 0 amide bonds. The second-order valence-electron chi connectivity index (χ2n) is 5.67. The lowest BCUT2D eigenvalue weighted by Crippen LogP contribution is -2.44. The fourth-order valence-electron chi connectivity index (χ4n) is 2.71. The van der Waals surface area contributed by atoms with Crippen LogP contribution in [0.3, 0.4) is 0 Å². The average Bonchev–Trinajstić information content (AvgIpc) is 2.47. The number of likely N-dealkylation sites (tertiary alicyclic amines) is 1. The summed E-state index contributed by atoms with van der Waals surface area (Å²) in [6.45, 7) is 9.75. The van der Waals surface area contributed by atoms with Crippen LogP contribution in [0.25, 0.3) is 0 Å². The molecule has 1 atom stereocenters. The Morgan fingerprint density at radius 1 is 1.40 bits per heavy atom. The van der Waals surface area contributed by atoms with Gasteiger partial charge in [0.05, 0.1) is 6.61 Å². The summed E-state index contributed by atoms with van der Waals surface area (Å²) in [6.07, 6.45) is 3.90. The average molecular weight is 284 g/mol. The van der Waals surface area contributed by atoms with Crippen molar-refractivity contribution in [2.24, 2.45) is 10.9 Å². The van der Waals surface area contributed by atoms with Crippen LogP contribution < -0.4 is 10.6 Å². The van der Waals surface area contributed by atoms with Crippen molar-refractivity contribution in [3.8, 4) is 0 Å². The van der Waals surface area contributed by atoms with Crippen LogP contribution in [0.4, 0.5) is 0 Å². The fraction of sp³-hybridized carbons (Fsp3) is 0.933. The number of piperidine rings is 1. The van der Waals surface area contributed by atoms with E-state index in [-0.39, 0.29) is 6.04 Å². The molecule has 0 radical (unpaired) electrons. The summed E-state index contributed by atoms with van der Waals surface area (Å²) in [5.41, 5.74) is 0. The van der Waals surface area contributed by atoms with Gasteiger partial charge >= 0.3 is 0 Å². The summed E-state index contributed by atoms with van der Waals surface area (Å²) in [6, 6.07) is 0.277. The Morgan fingerprint density at radius 3 is 2.65 bits per heavy atom. The zero-order chi connectivity index (χ0) is 14.8. The quantitative estimate of drug-likeness (QED) is 0.547. The molecule has 0 saturated carbocycles. The molecule has 20 heavy (non-hydrogen) atoms. The van der Waals surface area contributed by atoms with E-state index in [0.29, 0.717) is 6.61 Å². The molecule has 5 heteroatoms. The third-order valence-corrected chi connectivity index (χ3v) is 4.02. The molecule has 1 aliphatic heterocycles. The third kappa shape index (κ3) is 6.57. The van der Waals surface area contributed by atoms with Gasteiger partial charge in [-0.3, -0.25) is 4.99 Å². The van der Waals surface area contributed by atoms with Gasteiger partial charge in [0.15, 0.2) is 5.96 Å². The first-order valence-corrected chi connectivity index (χ1v) is 7.88. The highest BCUT2D eigenvalue weighted by molar-refractivity contribution is 5.79. The van der Waals surface area contributed by atoms with Crippen molar-refractivity contribution in [2.45, 2.75) is 39.2 Å². The third-order valence-electron chi connectivity index (χ3n) is 4.02. The van der Waals surface area contributed by atoms with Crippen molar-refractivity contribution >= 4 is 5.96 Å². The monoisotopic (exact) mass is 284 g/mol. The van der Waals surface area contributed by atoms with Gasteiger partial charge in [0.2, 0.25) is 0 Å². The second kappa shape index (κ2) is 10.00. The van der Waals surface area contributed by atoms with Crippen LogP contribution in [0.2, 0.25) is 0 Å². The number of guanidine groups is 1. The molecule has 0 aromatic carbocycles. The molecule has 118 valence electrons. The summed E-state index contributed by atoms with van der Waals surface area (Å²) < 4.78 is 5.12. The first-order chi connectivity index (χ1) is 9.69. The molecule has 0 bridgehead atoms. The lowest BCUT2D eigenvalue weighted by Gasteiger charge is -2.31. The highest BCUT2D eigenvalue weighted by Crippen LogP contribution is 2.19. The minimum Gasteiger partial charge on any atom is -0.383 e. The largest absolute Gasteiger partial charge is 0.383 e. The Bertz CT molecular complexity index is 275. The van der Waals surface area contributed by atoms with Crippen LogP contribution in [0.5, 0.6) is 0 Å². The van der Waals surface area contributed by atoms with Crippen molar-refractivity contribution in [2.75, 3.05) is 46.9 Å². The van der Waals surface area contributed by atoms with E-state index in [1.165, 1.54) is 38.9 Å². The molecule has 1 fully saturated rings. The Kier molecular flexibility index (Phi) is 8.62. The van der Waals surface area contributed by atoms with Gasteiger partial charge in [0, 0.05) is 26.7 Å². The van der Waals surface area contributed by atoms with Gasteiger partial charge in [-0.25, -0.2) is 0 Å². The summed E-state index contributed by atoms with van der Waals surface area (Å²) in [5.74, 6) is 1.74. The maximum Gasteiger partial charge on any atom is 0.191 e. The first kappa shape index (κ1) is 17.2. The topological polar surface area (TPSA) is 48.9 Å². The van der Waals surface area contributed by atoms with Crippen molar-refractivity contribution in [1.29, 1.82) is 0 Å². The smallest absolute Gasteiger partial charge is 0.191 e. The maximum atomic E-state index is 5.12. The van der Waals surface area contributed by atoms with Crippen LogP contribution in [0.1, 0.15) is 33.1 Å². The Morgan fingerprint density at radius 2 is 2.10 bits per heavy atom. The molecule has 1 heterocycles. The maximum absolute atomic E-state index is 5.12. The lowest BCUT2D eigenvalue weighted by molar-refractivity contribution is 0.178. The predicted molar refractivity (Wildman–Crippen MR) is 85.3 cm³/mol. The van der Waals surface area contributed by atoms with Crippen molar-refractivity contribution in [1.82, 2.24) is 15.5 Å². The minimum absolute atomic E-state index is 0.277. The molecular formula is C15H32N4O. The Hall–Kier alpha value is -0.810. The fourth-order valence-corrected chi connectivity index (χ4v) is 2.71. The van der Waals surface area contributed by atoms with Gasteiger partial charge < -0.3 is 20.3 Å². The normalized spacial score (nSPS) is 19.9. The minimum atomic E-state index is 0.277. The Labute approximate surface area is 124 Å². The molecule has 1 saturated heterocycles. The molecular weight excluding hydrogens is 252 g/mol. The molecule has 1 aliphatic rings. The Balaban J connectivity index is 2.16. The van der Waals surface area contributed by atoms with Crippen molar-refractivity contribution in [3.63, 3.8) is 0 Å². The predicted octanol–water partition coefficient (Wildman–Crippen LogP) is 1.31. The van der Waals surface area contributed by atoms with E-state index in [1.54, 1.807) is 7.11 Å². The van der Waals surface area contributed by atoms with E-state index in [2.05, 4.69) is 34.4 Å². The number of hydrogen-bond acceptors (Lipinski definition) is 3. The summed E-state index contributed by atoms with van der Waals surface area (Å²) in [5, 5.41) is 6.73. The van der Waals surface area contributed by atoms with E-state index in [9.17, 15) is 0 Å². The van der Waals surface area contributed by atoms with E-state index in [1.807, 2.05) is 7.05 Å². The van der Waals surface area contributed by atoms with Crippen LogP contribution in [0, 0.1) is 5.92 Å². The van der Waals surface area contributed by atoms with E-state index >= 15 is 0 Å². The van der Waals surface area contributed by atoms with Gasteiger partial charge in [-0.1, -0.05) is 6.92 Å². The van der Waals surface area contributed by atoms with Gasteiger partial charge in [-0.05, 0) is 51.7 Å². The van der Waals surface area contributed by atoms with Crippen LogP contribution in [-0.4, -0.2) is 63.8 Å². The van der Waals surface area contributed by atoms with Crippen molar-refractivity contribution in [3.05, 3.63) is 0 Å². The number of nitrogens with one attached hydrogen (secondary N) is 2. The summed E-state index contributed by atoms with van der Waals surface area (Å²) in [7, 11) is 3.53. The number of nitrogens with zero attached hydrogens (tertiary/aromatic N) is 2. The highest BCUT2D eigenvalue weighted by Gasteiger charge is 2.17. The number of ether oxygens (including phenoxy) is 1. The molecule has 1 unspecified atom stereocenters. The number of hydrogen-bond donors (Lipinski definition) is 2. The molecule has 5 nitrogen and oxygen atoms in total.